The highest BCUT2D eigenvalue weighted by molar-refractivity contribution is 5.91. The van der Waals surface area contributed by atoms with Crippen molar-refractivity contribution in [2.24, 2.45) is 23.7 Å². The summed E-state index contributed by atoms with van der Waals surface area (Å²) in [6, 6.07) is 23.3. The highest BCUT2D eigenvalue weighted by Gasteiger charge is 2.37. The van der Waals surface area contributed by atoms with Crippen molar-refractivity contribution in [1.29, 1.82) is 10.5 Å². The van der Waals surface area contributed by atoms with Crippen LogP contribution in [0.4, 0.5) is 0 Å². The van der Waals surface area contributed by atoms with Crippen LogP contribution < -0.4 is 0 Å². The van der Waals surface area contributed by atoms with Crippen molar-refractivity contribution in [3.8, 4) is 12.1 Å². The molecular formula is C51H50N4. The maximum absolute atomic E-state index is 9.96. The number of nitriles is 2. The lowest BCUT2D eigenvalue weighted by Gasteiger charge is -2.40. The van der Waals surface area contributed by atoms with E-state index in [4.69, 9.17) is 0 Å². The Kier molecular flexibility index (Phi) is 8.75. The number of para-hydroxylation sites is 1. The molecule has 10 rings (SSSR count). The lowest BCUT2D eigenvalue weighted by atomic mass is 9.64. The van der Waals surface area contributed by atoms with Gasteiger partial charge in [-0.05, 0) is 145 Å². The maximum atomic E-state index is 9.96. The number of hydrogen-bond donors (Lipinski definition) is 0. The first-order valence-electron chi connectivity index (χ1n) is 21.0. The predicted octanol–water partition coefficient (Wildman–Crippen LogP) is 12.1. The van der Waals surface area contributed by atoms with Gasteiger partial charge in [0.05, 0.1) is 24.1 Å². The molecule has 6 aliphatic rings. The molecule has 0 aliphatic heterocycles. The molecule has 4 aromatic rings. The van der Waals surface area contributed by atoms with Crippen LogP contribution in [-0.4, -0.2) is 9.13 Å². The molecule has 1 fully saturated rings. The fourth-order valence-electron chi connectivity index (χ4n) is 11.6. The van der Waals surface area contributed by atoms with Gasteiger partial charge in [0.2, 0.25) is 0 Å². The van der Waals surface area contributed by atoms with Gasteiger partial charge in [-0.1, -0.05) is 92.6 Å². The molecule has 0 spiro atoms. The summed E-state index contributed by atoms with van der Waals surface area (Å²) in [7, 11) is 0. The van der Waals surface area contributed by atoms with Crippen LogP contribution in [0, 0.1) is 46.3 Å². The van der Waals surface area contributed by atoms with E-state index in [-0.39, 0.29) is 12.0 Å². The SMILES string of the molecule is CC1C=C(C#N)C=CC1C1CCCCC1c1ccccc1C1=CC(n2c3c(c4ccccc42)CC(C#N)C=C3)CC(n2c3c(c4c2CCCC4)CCC=C3)=C1. The Morgan fingerprint density at radius 2 is 1.62 bits per heavy atom. The smallest absolute Gasteiger partial charge is 0.0988 e. The van der Waals surface area contributed by atoms with Crippen LogP contribution in [-0.2, 0) is 25.7 Å². The average molecular weight is 719 g/mol. The quantitative estimate of drug-likeness (QED) is 0.206. The average Bonchev–Trinajstić information content (AvgIpc) is 3.76. The zero-order valence-corrected chi connectivity index (χ0v) is 32.1. The summed E-state index contributed by atoms with van der Waals surface area (Å²) in [5.41, 5.74) is 16.4. The molecule has 1 saturated carbocycles. The fraction of sp³-hybridized carbons (Fsp3) is 0.373. The van der Waals surface area contributed by atoms with E-state index in [9.17, 15) is 10.5 Å². The van der Waals surface area contributed by atoms with Gasteiger partial charge in [-0.15, -0.1) is 0 Å². The monoisotopic (exact) mass is 718 g/mol. The van der Waals surface area contributed by atoms with Crippen molar-refractivity contribution in [3.05, 3.63) is 142 Å². The minimum atomic E-state index is -0.0941. The Morgan fingerprint density at radius 1 is 0.764 bits per heavy atom. The van der Waals surface area contributed by atoms with E-state index in [1.165, 1.54) is 95.2 Å². The Labute approximate surface area is 326 Å². The Morgan fingerprint density at radius 3 is 2.51 bits per heavy atom. The van der Waals surface area contributed by atoms with Crippen molar-refractivity contribution in [1.82, 2.24) is 9.13 Å². The highest BCUT2D eigenvalue weighted by Crippen LogP contribution is 2.50. The summed E-state index contributed by atoms with van der Waals surface area (Å²) in [6.45, 7) is 2.31. The largest absolute Gasteiger partial charge is 0.333 e. The van der Waals surface area contributed by atoms with Gasteiger partial charge in [0.25, 0.3) is 0 Å². The van der Waals surface area contributed by atoms with Gasteiger partial charge in [-0.25, -0.2) is 0 Å². The second kappa shape index (κ2) is 14.1. The van der Waals surface area contributed by atoms with Gasteiger partial charge in [-0.3, -0.25) is 0 Å². The van der Waals surface area contributed by atoms with Gasteiger partial charge < -0.3 is 9.13 Å². The minimum Gasteiger partial charge on any atom is -0.333 e. The first kappa shape index (κ1) is 34.2. The van der Waals surface area contributed by atoms with E-state index in [2.05, 4.69) is 131 Å². The summed E-state index contributed by atoms with van der Waals surface area (Å²) in [4.78, 5) is 0. The van der Waals surface area contributed by atoms with Crippen LogP contribution in [0.15, 0.2) is 96.6 Å². The molecule has 4 heteroatoms. The number of fused-ring (bicyclic) bond motifs is 6. The van der Waals surface area contributed by atoms with Crippen LogP contribution in [0.25, 0.3) is 34.3 Å². The molecular weight excluding hydrogens is 669 g/mol. The zero-order valence-electron chi connectivity index (χ0n) is 32.1. The van der Waals surface area contributed by atoms with Crippen molar-refractivity contribution in [2.45, 2.75) is 95.9 Å². The molecule has 2 aromatic heterocycles. The van der Waals surface area contributed by atoms with Crippen LogP contribution in [0.5, 0.6) is 0 Å². The van der Waals surface area contributed by atoms with E-state index >= 15 is 0 Å². The Balaban J connectivity index is 1.15. The van der Waals surface area contributed by atoms with Crippen molar-refractivity contribution < 1.29 is 0 Å². The molecule has 6 atom stereocenters. The molecule has 2 aromatic carbocycles. The summed E-state index contributed by atoms with van der Waals surface area (Å²) < 4.78 is 5.32. The van der Waals surface area contributed by atoms with Crippen molar-refractivity contribution in [3.63, 3.8) is 0 Å². The second-order valence-corrected chi connectivity index (χ2v) is 17.0. The predicted molar refractivity (Wildman–Crippen MR) is 225 cm³/mol. The maximum Gasteiger partial charge on any atom is 0.0988 e. The zero-order chi connectivity index (χ0) is 37.0. The normalized spacial score (nSPS) is 26.9. The third-order valence-electron chi connectivity index (χ3n) is 14.0. The Hall–Kier alpha value is -5.32. The molecule has 55 heavy (non-hydrogen) atoms. The molecule has 0 saturated heterocycles. The van der Waals surface area contributed by atoms with E-state index in [0.29, 0.717) is 23.7 Å². The van der Waals surface area contributed by atoms with Gasteiger partial charge in [0.15, 0.2) is 0 Å². The van der Waals surface area contributed by atoms with Gasteiger partial charge in [-0.2, -0.15) is 10.5 Å². The molecule has 4 nitrogen and oxygen atoms in total. The summed E-state index contributed by atoms with van der Waals surface area (Å²) in [6.07, 6.45) is 34.8. The van der Waals surface area contributed by atoms with Crippen LogP contribution in [0.2, 0.25) is 0 Å². The first-order valence-corrected chi connectivity index (χ1v) is 21.0. The third kappa shape index (κ3) is 5.76. The number of hydrogen-bond acceptors (Lipinski definition) is 2. The number of allylic oxidation sites excluding steroid dienone is 10. The van der Waals surface area contributed by atoms with Crippen LogP contribution in [0.1, 0.15) is 115 Å². The van der Waals surface area contributed by atoms with Crippen LogP contribution in [0.3, 0.4) is 0 Å². The third-order valence-corrected chi connectivity index (χ3v) is 14.0. The number of benzene rings is 2. The van der Waals surface area contributed by atoms with Crippen LogP contribution >= 0.6 is 0 Å². The minimum absolute atomic E-state index is 0.0941. The second-order valence-electron chi connectivity index (χ2n) is 17.0. The van der Waals surface area contributed by atoms with Gasteiger partial charge in [0, 0.05) is 45.7 Å². The number of aromatic nitrogens is 2. The molecule has 2 heterocycles. The highest BCUT2D eigenvalue weighted by atomic mass is 15.1. The molecule has 0 N–H and O–H groups in total. The van der Waals surface area contributed by atoms with Crippen molar-refractivity contribution in [2.75, 3.05) is 0 Å². The summed E-state index contributed by atoms with van der Waals surface area (Å²) in [5.74, 6) is 1.68. The number of rotatable bonds is 5. The first-order chi connectivity index (χ1) is 27.1. The topological polar surface area (TPSA) is 57.4 Å². The Bertz CT molecular complexity index is 2470. The molecule has 6 aliphatic carbocycles. The molecule has 0 amide bonds. The molecule has 6 unspecified atom stereocenters. The molecule has 0 bridgehead atoms. The lowest BCUT2D eigenvalue weighted by Crippen LogP contribution is -2.29. The van der Waals surface area contributed by atoms with E-state index in [0.717, 1.165) is 37.7 Å². The van der Waals surface area contributed by atoms with E-state index < -0.39 is 0 Å². The van der Waals surface area contributed by atoms with E-state index in [1.807, 2.05) is 0 Å². The summed E-state index contributed by atoms with van der Waals surface area (Å²) >= 11 is 0. The molecule has 274 valence electrons. The van der Waals surface area contributed by atoms with Gasteiger partial charge >= 0.3 is 0 Å². The standard InChI is InChI=1S/C51H50N4/c1-33-26-34(31-52)22-24-39(33)41-13-4-5-15-43(41)42-14-3-2-12-40(42)36-28-37(54-48-19-9-6-16-44(48)45-17-7-10-20-49(45)54)30-38(29-36)55-50-21-11-8-18-46(50)47-27-35(32-53)23-25-51(47)55/h2-3,8-9,11-12,14,18-19,21-26,28-29,33,35,38-39,41,43H,4-7,10,13,15-17,20,27,30H2,1H3. The fourth-order valence-corrected chi connectivity index (χ4v) is 11.6. The van der Waals surface area contributed by atoms with E-state index in [1.54, 1.807) is 16.8 Å². The van der Waals surface area contributed by atoms with Gasteiger partial charge in [0.1, 0.15) is 0 Å². The number of nitrogens with zero attached hydrogens (tertiary/aromatic N) is 4. The van der Waals surface area contributed by atoms with Crippen molar-refractivity contribution >= 4 is 34.3 Å². The molecule has 0 radical (unpaired) electrons. The lowest BCUT2D eigenvalue weighted by molar-refractivity contribution is 0.214. The summed E-state index contributed by atoms with van der Waals surface area (Å²) in [5, 5.41) is 20.9.